The predicted molar refractivity (Wildman–Crippen MR) is 189 cm³/mol. The number of ether oxygens (including phenoxy) is 3. The van der Waals surface area contributed by atoms with Gasteiger partial charge in [0.05, 0.1) is 0 Å². The lowest BCUT2D eigenvalue weighted by Gasteiger charge is -2.25. The first-order valence-corrected chi connectivity index (χ1v) is 19.2. The molecule has 10 nitrogen and oxygen atoms in total. The number of carbonyl (C=O) groups is 1. The van der Waals surface area contributed by atoms with Crippen LogP contribution in [0.15, 0.2) is 30.3 Å². The molecule has 0 aliphatic carbocycles. The number of carbonyl (C=O) groups excluding carboxylic acids is 1. The molecule has 0 radical (unpaired) electrons. The molecule has 1 aromatic rings. The second-order valence-electron chi connectivity index (χ2n) is 12.2. The van der Waals surface area contributed by atoms with Gasteiger partial charge in [-0.2, -0.15) is 0 Å². The fourth-order valence-electron chi connectivity index (χ4n) is 5.73. The Balaban J connectivity index is 1.60. The summed E-state index contributed by atoms with van der Waals surface area (Å²) < 4.78 is 38.9. The van der Waals surface area contributed by atoms with E-state index in [1.807, 2.05) is 38.2 Å². The number of rotatable bonds is 25. The summed E-state index contributed by atoms with van der Waals surface area (Å²) in [7, 11) is -1.33. The molecule has 0 saturated carbocycles. The Kier molecular flexibility index (Phi) is 21.5. The summed E-state index contributed by atoms with van der Waals surface area (Å²) >= 11 is 5.44. The van der Waals surface area contributed by atoms with Crippen LogP contribution in [0.5, 0.6) is 0 Å². The second-order valence-corrected chi connectivity index (χ2v) is 14.1. The highest BCUT2D eigenvalue weighted by atomic mass is 32.1. The molecular formula is C33H58BN2O8PS. The summed E-state index contributed by atoms with van der Waals surface area (Å²) in [6.45, 7) is 3.64. The summed E-state index contributed by atoms with van der Waals surface area (Å²) in [4.78, 5) is 22.2. The van der Waals surface area contributed by atoms with E-state index >= 15 is 0 Å². The maximum atomic E-state index is 12.3. The minimum absolute atomic E-state index is 0.0722. The first-order valence-electron chi connectivity index (χ1n) is 17.3. The van der Waals surface area contributed by atoms with Crippen molar-refractivity contribution in [1.82, 2.24) is 10.6 Å². The Hall–Kier alpha value is -1.69. The van der Waals surface area contributed by atoms with E-state index in [-0.39, 0.29) is 25.1 Å². The van der Waals surface area contributed by atoms with Gasteiger partial charge in [-0.05, 0) is 37.0 Å². The molecule has 262 valence electrons. The molecule has 46 heavy (non-hydrogen) atoms. The second kappa shape index (κ2) is 24.5. The smallest absolute Gasteiger partial charge is 0.431 e. The van der Waals surface area contributed by atoms with Gasteiger partial charge < -0.3 is 29.7 Å². The standard InChI is InChI=1S/C33H58BN2O8PS/c1-3-4-5-6-7-8-9-10-11-12-13-14-18-23-35-32(46)36-24-19-22-28-30(44-45(38,39)40-2)29(43-31(28)34)26-42-33(37)41-25-27-20-16-15-17-21-27/h15-17,20-21,28-31H,3-14,18-19,22-26,34H2,1-2H3,(H,38,39)(H2,35,36,46)/t28?,29-,30-,31-/m1/s1. The third kappa shape index (κ3) is 18.0. The lowest BCUT2D eigenvalue weighted by Crippen LogP contribution is -2.37. The lowest BCUT2D eigenvalue weighted by atomic mass is 9.82. The number of phosphoric acid groups is 1. The number of phosphoric ester groups is 1. The van der Waals surface area contributed by atoms with Crippen LogP contribution in [0.1, 0.15) is 109 Å². The van der Waals surface area contributed by atoms with Crippen molar-refractivity contribution in [3.05, 3.63) is 35.9 Å². The van der Waals surface area contributed by atoms with Crippen molar-refractivity contribution in [3.63, 3.8) is 0 Å². The van der Waals surface area contributed by atoms with Gasteiger partial charge in [0.1, 0.15) is 33.3 Å². The van der Waals surface area contributed by atoms with E-state index in [0.29, 0.717) is 18.1 Å². The van der Waals surface area contributed by atoms with Gasteiger partial charge in [-0.15, -0.1) is 0 Å². The summed E-state index contributed by atoms with van der Waals surface area (Å²) in [5, 5.41) is 7.16. The van der Waals surface area contributed by atoms with Gasteiger partial charge in [0.25, 0.3) is 0 Å². The van der Waals surface area contributed by atoms with Crippen LogP contribution in [0.25, 0.3) is 0 Å². The fraction of sp³-hybridized carbons (Fsp3) is 0.758. The highest BCUT2D eigenvalue weighted by molar-refractivity contribution is 7.80. The summed E-state index contributed by atoms with van der Waals surface area (Å²) in [5.74, 6) is -0.223. The third-order valence-electron chi connectivity index (χ3n) is 8.40. The van der Waals surface area contributed by atoms with Crippen molar-refractivity contribution < 1.29 is 37.5 Å². The zero-order valence-corrected chi connectivity index (χ0v) is 30.0. The van der Waals surface area contributed by atoms with Crippen LogP contribution in [-0.4, -0.2) is 69.0 Å². The van der Waals surface area contributed by atoms with Crippen molar-refractivity contribution >= 4 is 39.2 Å². The molecule has 3 N–H and O–H groups in total. The monoisotopic (exact) mass is 684 g/mol. The van der Waals surface area contributed by atoms with E-state index in [1.165, 1.54) is 77.0 Å². The lowest BCUT2D eigenvalue weighted by molar-refractivity contribution is -0.0304. The molecule has 2 rings (SSSR count). The zero-order chi connectivity index (χ0) is 33.5. The van der Waals surface area contributed by atoms with Gasteiger partial charge >= 0.3 is 14.0 Å². The van der Waals surface area contributed by atoms with Crippen LogP contribution >= 0.6 is 20.0 Å². The van der Waals surface area contributed by atoms with Crippen LogP contribution in [0, 0.1) is 5.92 Å². The number of benzene rings is 1. The Labute approximate surface area is 283 Å². The van der Waals surface area contributed by atoms with E-state index in [2.05, 4.69) is 22.1 Å². The van der Waals surface area contributed by atoms with Gasteiger partial charge in [-0.3, -0.25) is 9.05 Å². The molecule has 0 aromatic heterocycles. The van der Waals surface area contributed by atoms with Gasteiger partial charge in [-0.1, -0.05) is 114 Å². The van der Waals surface area contributed by atoms with Crippen LogP contribution < -0.4 is 10.6 Å². The average molecular weight is 685 g/mol. The van der Waals surface area contributed by atoms with Gasteiger partial charge in [0.2, 0.25) is 0 Å². The van der Waals surface area contributed by atoms with Gasteiger partial charge in [0.15, 0.2) is 5.11 Å². The molecule has 1 aliphatic heterocycles. The topological polar surface area (TPSA) is 125 Å². The van der Waals surface area contributed by atoms with Crippen LogP contribution in [-0.2, 0) is 34.4 Å². The van der Waals surface area contributed by atoms with Crippen molar-refractivity contribution in [3.8, 4) is 0 Å². The van der Waals surface area contributed by atoms with Gasteiger partial charge in [-0.25, -0.2) is 9.36 Å². The molecule has 1 saturated heterocycles. The van der Waals surface area contributed by atoms with Crippen LogP contribution in [0.4, 0.5) is 4.79 Å². The molecular weight excluding hydrogens is 626 g/mol. The van der Waals surface area contributed by atoms with Crippen LogP contribution in [0.3, 0.4) is 0 Å². The zero-order valence-electron chi connectivity index (χ0n) is 28.3. The number of thiocarbonyl (C=S) groups is 1. The highest BCUT2D eigenvalue weighted by Crippen LogP contribution is 2.48. The quantitative estimate of drug-likeness (QED) is 0.0332. The first kappa shape index (κ1) is 40.5. The Morgan fingerprint density at radius 2 is 1.48 bits per heavy atom. The van der Waals surface area contributed by atoms with E-state index in [1.54, 1.807) is 0 Å². The highest BCUT2D eigenvalue weighted by Gasteiger charge is 2.46. The number of nitrogens with one attached hydrogen (secondary N) is 2. The molecule has 13 heteroatoms. The van der Waals surface area contributed by atoms with Crippen molar-refractivity contribution in [2.24, 2.45) is 5.92 Å². The molecule has 1 heterocycles. The van der Waals surface area contributed by atoms with Crippen molar-refractivity contribution in [2.75, 3.05) is 26.8 Å². The molecule has 0 bridgehead atoms. The van der Waals surface area contributed by atoms with E-state index < -0.39 is 26.2 Å². The fourth-order valence-corrected chi connectivity index (χ4v) is 6.62. The number of hydrogen-bond donors (Lipinski definition) is 3. The summed E-state index contributed by atoms with van der Waals surface area (Å²) in [5.41, 5.74) is 0.829. The molecule has 1 aromatic carbocycles. The summed E-state index contributed by atoms with van der Waals surface area (Å²) in [6, 6.07) is 8.96. The maximum absolute atomic E-state index is 12.3. The molecule has 2 unspecified atom stereocenters. The van der Waals surface area contributed by atoms with Crippen LogP contribution in [0.2, 0.25) is 0 Å². The molecule has 0 spiro atoms. The molecule has 0 amide bonds. The SMILES string of the molecule is B[C@@H]1O[C@H](COC(=O)OCc2ccccc2)[C@H](OP(=O)(O)OC)C1CCCNC(=S)NCCCCCCCCCCCCCCC. The third-order valence-corrected chi connectivity index (χ3v) is 9.66. The van der Waals surface area contributed by atoms with E-state index in [9.17, 15) is 14.3 Å². The van der Waals surface area contributed by atoms with Gasteiger partial charge in [0, 0.05) is 32.1 Å². The normalized spacial score (nSPS) is 20.6. The summed E-state index contributed by atoms with van der Waals surface area (Å²) in [6.07, 6.45) is 16.2. The Bertz CT molecular complexity index is 1010. The average Bonchev–Trinajstić information content (AvgIpc) is 3.34. The minimum Gasteiger partial charge on any atom is -0.431 e. The van der Waals surface area contributed by atoms with Crippen molar-refractivity contribution in [1.29, 1.82) is 0 Å². The largest absolute Gasteiger partial charge is 0.508 e. The first-order chi connectivity index (χ1) is 22.3. The number of unbranched alkanes of at least 4 members (excludes halogenated alkanes) is 12. The minimum atomic E-state index is -4.31. The number of hydrogen-bond acceptors (Lipinski definition) is 8. The maximum Gasteiger partial charge on any atom is 0.508 e. The molecule has 1 fully saturated rings. The Morgan fingerprint density at radius 3 is 2.07 bits per heavy atom. The van der Waals surface area contributed by atoms with E-state index in [0.717, 1.165) is 32.1 Å². The van der Waals surface area contributed by atoms with Crippen molar-refractivity contribution in [2.45, 2.75) is 128 Å². The molecule has 5 atom stereocenters. The predicted octanol–water partition coefficient (Wildman–Crippen LogP) is 6.78. The Morgan fingerprint density at radius 1 is 0.913 bits per heavy atom. The van der Waals surface area contributed by atoms with E-state index in [4.69, 9.17) is 31.0 Å². The molecule has 1 aliphatic rings.